The highest BCUT2D eigenvalue weighted by molar-refractivity contribution is 5.27. The lowest BCUT2D eigenvalue weighted by Crippen LogP contribution is -2.19. The molecule has 0 amide bonds. The van der Waals surface area contributed by atoms with Crippen LogP contribution < -0.4 is 10.1 Å². The predicted molar refractivity (Wildman–Crippen MR) is 93.6 cm³/mol. The first-order valence-electron chi connectivity index (χ1n) is 8.13. The van der Waals surface area contributed by atoms with Crippen LogP contribution >= 0.6 is 0 Å². The average Bonchev–Trinajstić information content (AvgIpc) is 3.04. The van der Waals surface area contributed by atoms with Gasteiger partial charge >= 0.3 is 0 Å². The molecule has 0 aliphatic rings. The fourth-order valence-electron chi connectivity index (χ4n) is 2.01. The fraction of sp³-hybridized carbons (Fsp3) is 0.474. The van der Waals surface area contributed by atoms with E-state index in [9.17, 15) is 0 Å². The summed E-state index contributed by atoms with van der Waals surface area (Å²) in [6.07, 6.45) is 5.81. The molecule has 1 N–H and O–H groups in total. The van der Waals surface area contributed by atoms with E-state index in [0.717, 1.165) is 17.1 Å². The normalized spacial score (nSPS) is 12.6. The van der Waals surface area contributed by atoms with Gasteiger partial charge in [0.15, 0.2) is 5.82 Å². The molecule has 2 rings (SSSR count). The Labute approximate surface area is 143 Å². The molecule has 0 aliphatic heterocycles. The third-order valence-corrected chi connectivity index (χ3v) is 3.53. The van der Waals surface area contributed by atoms with Crippen LogP contribution in [-0.4, -0.2) is 16.7 Å². The van der Waals surface area contributed by atoms with E-state index in [0.29, 0.717) is 25.5 Å². The Morgan fingerprint density at radius 3 is 2.58 bits per heavy atom. The van der Waals surface area contributed by atoms with E-state index in [1.54, 1.807) is 0 Å². The van der Waals surface area contributed by atoms with E-state index < -0.39 is 0 Å². The smallest absolute Gasteiger partial charge is 0.243 e. The summed E-state index contributed by atoms with van der Waals surface area (Å²) in [5.41, 5.74) is 1.04. The maximum Gasteiger partial charge on any atom is 0.243 e. The summed E-state index contributed by atoms with van der Waals surface area (Å²) in [5.74, 6) is 4.71. The van der Waals surface area contributed by atoms with Gasteiger partial charge in [0.25, 0.3) is 0 Å². The van der Waals surface area contributed by atoms with Crippen LogP contribution in [0.15, 0.2) is 28.8 Å². The molecular formula is C19H25N3O2. The van der Waals surface area contributed by atoms with Gasteiger partial charge in [0.2, 0.25) is 5.89 Å². The van der Waals surface area contributed by atoms with Crippen molar-refractivity contribution in [2.45, 2.75) is 52.1 Å². The number of nitrogens with zero attached hydrogens (tertiary/aromatic N) is 2. The maximum atomic E-state index is 5.53. The molecule has 2 aromatic rings. The molecule has 1 atom stereocenters. The van der Waals surface area contributed by atoms with Gasteiger partial charge in [-0.1, -0.05) is 38.1 Å². The number of nitrogens with one attached hydrogen (secondary N) is 1. The van der Waals surface area contributed by atoms with Crippen LogP contribution in [0.25, 0.3) is 0 Å². The highest BCUT2D eigenvalue weighted by atomic mass is 16.5. The second-order valence-corrected chi connectivity index (χ2v) is 6.76. The zero-order valence-electron chi connectivity index (χ0n) is 14.8. The van der Waals surface area contributed by atoms with Gasteiger partial charge in [-0.2, -0.15) is 4.98 Å². The fourth-order valence-corrected chi connectivity index (χ4v) is 2.01. The van der Waals surface area contributed by atoms with Crippen molar-refractivity contribution in [2.24, 2.45) is 0 Å². The van der Waals surface area contributed by atoms with Gasteiger partial charge < -0.3 is 14.6 Å². The van der Waals surface area contributed by atoms with Crippen LogP contribution in [-0.2, 0) is 12.0 Å². The Morgan fingerprint density at radius 1 is 1.29 bits per heavy atom. The standard InChI is InChI=1S/C19H25N3O2/c1-6-7-12-23-16-10-8-15(9-11-16)13-20-14(2)17-21-18(22-24-17)19(3,4)5/h1,8-11,14,20H,7,12-13H2,2-5H3. The molecule has 128 valence electrons. The maximum absolute atomic E-state index is 5.53. The quantitative estimate of drug-likeness (QED) is 0.622. The van der Waals surface area contributed by atoms with Crippen LogP contribution in [0.1, 0.15) is 57.4 Å². The molecule has 5 heteroatoms. The summed E-state index contributed by atoms with van der Waals surface area (Å²) in [5, 5.41) is 7.44. The van der Waals surface area contributed by atoms with Crippen molar-refractivity contribution in [3.8, 4) is 18.1 Å². The summed E-state index contributed by atoms with van der Waals surface area (Å²) < 4.78 is 10.9. The van der Waals surface area contributed by atoms with Gasteiger partial charge in [0.05, 0.1) is 12.6 Å². The van der Waals surface area contributed by atoms with Crippen molar-refractivity contribution in [2.75, 3.05) is 6.61 Å². The van der Waals surface area contributed by atoms with Crippen molar-refractivity contribution >= 4 is 0 Å². The molecular weight excluding hydrogens is 302 g/mol. The van der Waals surface area contributed by atoms with Gasteiger partial charge in [0, 0.05) is 18.4 Å². The van der Waals surface area contributed by atoms with Gasteiger partial charge in [-0.15, -0.1) is 12.3 Å². The lowest BCUT2D eigenvalue weighted by atomic mass is 9.96. The first kappa shape index (κ1) is 18.0. The largest absolute Gasteiger partial charge is 0.493 e. The van der Waals surface area contributed by atoms with Crippen LogP contribution in [0.5, 0.6) is 5.75 Å². The number of hydrogen-bond acceptors (Lipinski definition) is 5. The molecule has 0 fully saturated rings. The highest BCUT2D eigenvalue weighted by Gasteiger charge is 2.22. The van der Waals surface area contributed by atoms with E-state index in [4.69, 9.17) is 15.7 Å². The first-order chi connectivity index (χ1) is 11.4. The zero-order valence-corrected chi connectivity index (χ0v) is 14.8. The van der Waals surface area contributed by atoms with E-state index in [2.05, 4.69) is 42.1 Å². The summed E-state index contributed by atoms with van der Waals surface area (Å²) in [4.78, 5) is 4.47. The SMILES string of the molecule is C#CCCOc1ccc(CNC(C)c2nc(C(C)(C)C)no2)cc1. The minimum absolute atomic E-state index is 0.0137. The van der Waals surface area contributed by atoms with Gasteiger partial charge in [-0.25, -0.2) is 0 Å². The van der Waals surface area contributed by atoms with Crippen LogP contribution in [0, 0.1) is 12.3 Å². The predicted octanol–water partition coefficient (Wildman–Crippen LogP) is 3.62. The molecule has 0 saturated heterocycles. The summed E-state index contributed by atoms with van der Waals surface area (Å²) in [7, 11) is 0. The Kier molecular flexibility index (Phi) is 5.99. The molecule has 1 aromatic heterocycles. The minimum Gasteiger partial charge on any atom is -0.493 e. The number of aromatic nitrogens is 2. The minimum atomic E-state index is -0.114. The lowest BCUT2D eigenvalue weighted by molar-refractivity contribution is 0.326. The van der Waals surface area contributed by atoms with Crippen LogP contribution in [0.4, 0.5) is 0 Å². The number of ether oxygens (including phenoxy) is 1. The monoisotopic (exact) mass is 327 g/mol. The number of terminal acetylenes is 1. The summed E-state index contributed by atoms with van der Waals surface area (Å²) in [6.45, 7) is 9.45. The van der Waals surface area contributed by atoms with Crippen molar-refractivity contribution < 1.29 is 9.26 Å². The van der Waals surface area contributed by atoms with E-state index in [1.165, 1.54) is 0 Å². The van der Waals surface area contributed by atoms with Crippen LogP contribution in [0.3, 0.4) is 0 Å². The summed E-state index contributed by atoms with van der Waals surface area (Å²) in [6, 6.07) is 7.93. The number of benzene rings is 1. The molecule has 0 bridgehead atoms. The van der Waals surface area contributed by atoms with Crippen molar-refractivity contribution in [1.29, 1.82) is 0 Å². The van der Waals surface area contributed by atoms with E-state index >= 15 is 0 Å². The van der Waals surface area contributed by atoms with E-state index in [-0.39, 0.29) is 11.5 Å². The molecule has 1 unspecified atom stereocenters. The number of hydrogen-bond donors (Lipinski definition) is 1. The molecule has 1 aromatic carbocycles. The van der Waals surface area contributed by atoms with Gasteiger partial charge in [-0.3, -0.25) is 0 Å². The van der Waals surface area contributed by atoms with Crippen molar-refractivity contribution in [1.82, 2.24) is 15.5 Å². The first-order valence-corrected chi connectivity index (χ1v) is 8.13. The van der Waals surface area contributed by atoms with E-state index in [1.807, 2.05) is 31.2 Å². The van der Waals surface area contributed by atoms with Gasteiger partial charge in [-0.05, 0) is 24.6 Å². The highest BCUT2D eigenvalue weighted by Crippen LogP contribution is 2.21. The average molecular weight is 327 g/mol. The Hall–Kier alpha value is -2.32. The van der Waals surface area contributed by atoms with Gasteiger partial charge in [0.1, 0.15) is 5.75 Å². The molecule has 0 aliphatic carbocycles. The van der Waals surface area contributed by atoms with Crippen molar-refractivity contribution in [3.63, 3.8) is 0 Å². The molecule has 24 heavy (non-hydrogen) atoms. The molecule has 0 saturated carbocycles. The Bertz CT molecular complexity index is 678. The third kappa shape index (κ3) is 5.10. The second kappa shape index (κ2) is 7.98. The molecule has 0 spiro atoms. The zero-order chi connectivity index (χ0) is 17.6. The lowest BCUT2D eigenvalue weighted by Gasteiger charge is -2.12. The molecule has 0 radical (unpaired) electrons. The topological polar surface area (TPSA) is 60.2 Å². The van der Waals surface area contributed by atoms with Crippen molar-refractivity contribution in [3.05, 3.63) is 41.5 Å². The second-order valence-electron chi connectivity index (χ2n) is 6.76. The Balaban J connectivity index is 1.86. The summed E-state index contributed by atoms with van der Waals surface area (Å²) >= 11 is 0. The van der Waals surface area contributed by atoms with Crippen LogP contribution in [0.2, 0.25) is 0 Å². The molecule has 5 nitrogen and oxygen atoms in total. The Morgan fingerprint density at radius 2 is 2.00 bits per heavy atom. The third-order valence-electron chi connectivity index (χ3n) is 3.53. The number of rotatable bonds is 7. The molecule has 1 heterocycles.